The average molecular weight is 396 g/mol. The number of benzene rings is 1. The van der Waals surface area contributed by atoms with Gasteiger partial charge >= 0.3 is 0 Å². The SMILES string of the molecule is O=C(CNS(=O)(=O)c1ccc(Br)cc1Cl)N1CCCCC1. The highest BCUT2D eigenvalue weighted by Crippen LogP contribution is 2.25. The van der Waals surface area contributed by atoms with Crippen LogP contribution >= 0.6 is 27.5 Å². The van der Waals surface area contributed by atoms with Gasteiger partial charge in [0.15, 0.2) is 0 Å². The largest absolute Gasteiger partial charge is 0.342 e. The molecule has 1 N–H and O–H groups in total. The number of likely N-dealkylation sites (tertiary alicyclic amines) is 1. The predicted octanol–water partition coefficient (Wildman–Crippen LogP) is 2.39. The fraction of sp³-hybridized carbons (Fsp3) is 0.462. The van der Waals surface area contributed by atoms with Gasteiger partial charge in [-0.2, -0.15) is 0 Å². The van der Waals surface area contributed by atoms with Gasteiger partial charge in [-0.05, 0) is 37.5 Å². The van der Waals surface area contributed by atoms with Gasteiger partial charge in [0, 0.05) is 17.6 Å². The van der Waals surface area contributed by atoms with Crippen LogP contribution in [0.4, 0.5) is 0 Å². The molecule has 0 saturated carbocycles. The standard InChI is InChI=1S/C13H16BrClN2O3S/c14-10-4-5-12(11(15)8-10)21(19,20)16-9-13(18)17-6-2-1-3-7-17/h4-5,8,16H,1-3,6-7,9H2. The van der Waals surface area contributed by atoms with Crippen molar-refractivity contribution in [3.05, 3.63) is 27.7 Å². The fourth-order valence-electron chi connectivity index (χ4n) is 2.18. The van der Waals surface area contributed by atoms with Crippen molar-refractivity contribution in [3.8, 4) is 0 Å². The van der Waals surface area contributed by atoms with Crippen LogP contribution in [0.1, 0.15) is 19.3 Å². The van der Waals surface area contributed by atoms with E-state index in [2.05, 4.69) is 20.7 Å². The van der Waals surface area contributed by atoms with Crippen LogP contribution in [0.25, 0.3) is 0 Å². The maximum Gasteiger partial charge on any atom is 0.242 e. The lowest BCUT2D eigenvalue weighted by atomic mass is 10.1. The number of carbonyl (C=O) groups is 1. The summed E-state index contributed by atoms with van der Waals surface area (Å²) < 4.78 is 27.3. The summed E-state index contributed by atoms with van der Waals surface area (Å²) >= 11 is 9.15. The van der Waals surface area contributed by atoms with E-state index in [0.717, 1.165) is 19.3 Å². The maximum absolute atomic E-state index is 12.2. The van der Waals surface area contributed by atoms with Crippen molar-refractivity contribution in [3.63, 3.8) is 0 Å². The van der Waals surface area contributed by atoms with Gasteiger partial charge in [-0.3, -0.25) is 4.79 Å². The van der Waals surface area contributed by atoms with E-state index < -0.39 is 10.0 Å². The molecule has 1 aliphatic heterocycles. The van der Waals surface area contributed by atoms with E-state index in [-0.39, 0.29) is 22.4 Å². The van der Waals surface area contributed by atoms with E-state index in [1.54, 1.807) is 11.0 Å². The minimum atomic E-state index is -3.79. The number of nitrogens with zero attached hydrogens (tertiary/aromatic N) is 1. The first-order valence-corrected chi connectivity index (χ1v) is 9.28. The Morgan fingerprint density at radius 2 is 1.95 bits per heavy atom. The molecule has 0 atom stereocenters. The molecule has 1 amide bonds. The molecule has 0 radical (unpaired) electrons. The van der Waals surface area contributed by atoms with Crippen molar-refractivity contribution in [1.29, 1.82) is 0 Å². The van der Waals surface area contributed by atoms with Crippen LogP contribution < -0.4 is 4.72 Å². The summed E-state index contributed by atoms with van der Waals surface area (Å²) in [5.41, 5.74) is 0. The highest BCUT2D eigenvalue weighted by molar-refractivity contribution is 9.10. The van der Waals surface area contributed by atoms with E-state index in [4.69, 9.17) is 11.6 Å². The third-order valence-corrected chi connectivity index (χ3v) is 5.68. The topological polar surface area (TPSA) is 66.5 Å². The Kier molecular flexibility index (Phi) is 5.65. The quantitative estimate of drug-likeness (QED) is 0.851. The number of hydrogen-bond donors (Lipinski definition) is 1. The van der Waals surface area contributed by atoms with Crippen molar-refractivity contribution in [1.82, 2.24) is 9.62 Å². The molecule has 116 valence electrons. The van der Waals surface area contributed by atoms with Crippen molar-refractivity contribution < 1.29 is 13.2 Å². The molecule has 8 heteroatoms. The minimum Gasteiger partial charge on any atom is -0.342 e. The number of piperidine rings is 1. The van der Waals surface area contributed by atoms with Crippen LogP contribution in [0.2, 0.25) is 5.02 Å². The summed E-state index contributed by atoms with van der Waals surface area (Å²) in [6.07, 6.45) is 3.05. The monoisotopic (exact) mass is 394 g/mol. The summed E-state index contributed by atoms with van der Waals surface area (Å²) in [6, 6.07) is 4.50. The Labute approximate surface area is 137 Å². The zero-order valence-corrected chi connectivity index (χ0v) is 14.5. The van der Waals surface area contributed by atoms with Crippen LogP contribution in [0.5, 0.6) is 0 Å². The Morgan fingerprint density at radius 1 is 1.29 bits per heavy atom. The van der Waals surface area contributed by atoms with E-state index in [1.165, 1.54) is 12.1 Å². The second-order valence-corrected chi connectivity index (χ2v) is 7.90. The molecule has 1 aromatic rings. The lowest BCUT2D eigenvalue weighted by Gasteiger charge is -2.26. The molecule has 0 unspecified atom stereocenters. The molecule has 1 heterocycles. The predicted molar refractivity (Wildman–Crippen MR) is 84.8 cm³/mol. The smallest absolute Gasteiger partial charge is 0.242 e. The van der Waals surface area contributed by atoms with E-state index in [1.807, 2.05) is 0 Å². The summed E-state index contributed by atoms with van der Waals surface area (Å²) in [7, 11) is -3.79. The van der Waals surface area contributed by atoms with Crippen molar-refractivity contribution in [2.45, 2.75) is 24.2 Å². The molecule has 0 spiro atoms. The Morgan fingerprint density at radius 3 is 2.57 bits per heavy atom. The van der Waals surface area contributed by atoms with Gasteiger partial charge in [0.1, 0.15) is 4.90 Å². The zero-order valence-electron chi connectivity index (χ0n) is 11.3. The number of nitrogens with one attached hydrogen (secondary N) is 1. The highest BCUT2D eigenvalue weighted by atomic mass is 79.9. The molecule has 1 aliphatic rings. The second kappa shape index (κ2) is 7.09. The van der Waals surface area contributed by atoms with Crippen molar-refractivity contribution >= 4 is 43.5 Å². The van der Waals surface area contributed by atoms with Crippen LogP contribution in [-0.4, -0.2) is 38.9 Å². The average Bonchev–Trinajstić information content (AvgIpc) is 2.45. The number of amides is 1. The summed E-state index contributed by atoms with van der Waals surface area (Å²) in [5.74, 6) is -0.202. The molecular formula is C13H16BrClN2O3S. The second-order valence-electron chi connectivity index (χ2n) is 4.84. The molecule has 0 bridgehead atoms. The van der Waals surface area contributed by atoms with E-state index >= 15 is 0 Å². The van der Waals surface area contributed by atoms with Crippen LogP contribution in [0.3, 0.4) is 0 Å². The molecule has 1 fully saturated rings. The fourth-order valence-corrected chi connectivity index (χ4v) is 4.19. The third kappa shape index (κ3) is 4.42. The number of hydrogen-bond acceptors (Lipinski definition) is 3. The molecule has 1 aromatic carbocycles. The van der Waals surface area contributed by atoms with Gasteiger partial charge in [0.25, 0.3) is 0 Å². The first-order valence-electron chi connectivity index (χ1n) is 6.62. The Hall–Kier alpha value is -0.630. The van der Waals surface area contributed by atoms with E-state index in [9.17, 15) is 13.2 Å². The Balaban J connectivity index is 2.02. The van der Waals surface area contributed by atoms with E-state index in [0.29, 0.717) is 17.6 Å². The summed E-state index contributed by atoms with van der Waals surface area (Å²) in [5, 5.41) is 0.113. The number of rotatable bonds is 4. The molecular weight excluding hydrogens is 380 g/mol. The lowest BCUT2D eigenvalue weighted by molar-refractivity contribution is -0.130. The highest BCUT2D eigenvalue weighted by Gasteiger charge is 2.22. The Bertz CT molecular complexity index is 630. The molecule has 0 aliphatic carbocycles. The van der Waals surface area contributed by atoms with Gasteiger partial charge in [0.2, 0.25) is 15.9 Å². The lowest BCUT2D eigenvalue weighted by Crippen LogP contribution is -2.42. The molecule has 1 saturated heterocycles. The van der Waals surface area contributed by atoms with Gasteiger partial charge < -0.3 is 4.90 Å². The molecule has 5 nitrogen and oxygen atoms in total. The summed E-state index contributed by atoms with van der Waals surface area (Å²) in [6.45, 7) is 1.15. The van der Waals surface area contributed by atoms with Gasteiger partial charge in [-0.15, -0.1) is 0 Å². The van der Waals surface area contributed by atoms with Crippen LogP contribution in [0.15, 0.2) is 27.6 Å². The molecule has 2 rings (SSSR count). The molecule has 0 aromatic heterocycles. The summed E-state index contributed by atoms with van der Waals surface area (Å²) in [4.78, 5) is 13.6. The minimum absolute atomic E-state index is 0.0289. The first kappa shape index (κ1) is 16.7. The van der Waals surface area contributed by atoms with Gasteiger partial charge in [0.05, 0.1) is 11.6 Å². The van der Waals surface area contributed by atoms with Crippen LogP contribution in [0, 0.1) is 0 Å². The maximum atomic E-state index is 12.2. The van der Waals surface area contributed by atoms with Crippen molar-refractivity contribution in [2.75, 3.05) is 19.6 Å². The molecule has 21 heavy (non-hydrogen) atoms. The van der Waals surface area contributed by atoms with Crippen LogP contribution in [-0.2, 0) is 14.8 Å². The first-order chi connectivity index (χ1) is 9.90. The van der Waals surface area contributed by atoms with Gasteiger partial charge in [-0.1, -0.05) is 27.5 Å². The number of halogens is 2. The zero-order chi connectivity index (χ0) is 15.5. The number of carbonyl (C=O) groups excluding carboxylic acids is 1. The number of sulfonamides is 1. The normalized spacial score (nSPS) is 16.0. The van der Waals surface area contributed by atoms with Gasteiger partial charge in [-0.25, -0.2) is 13.1 Å². The third-order valence-electron chi connectivity index (χ3n) is 3.31. The van der Waals surface area contributed by atoms with Crippen molar-refractivity contribution in [2.24, 2.45) is 0 Å².